The van der Waals surface area contributed by atoms with E-state index < -0.39 is 5.97 Å². The first-order valence-corrected chi connectivity index (χ1v) is 7.54. The zero-order valence-electron chi connectivity index (χ0n) is 12.7. The zero-order valence-corrected chi connectivity index (χ0v) is 12.7. The predicted octanol–water partition coefficient (Wildman–Crippen LogP) is 2.22. The molecule has 2 atom stereocenters. The van der Waals surface area contributed by atoms with Gasteiger partial charge in [0.05, 0.1) is 11.8 Å². The predicted molar refractivity (Wildman–Crippen MR) is 77.3 cm³/mol. The van der Waals surface area contributed by atoms with E-state index in [1.165, 1.54) is 4.90 Å². The second kappa shape index (κ2) is 6.00. The molecule has 2 aliphatic rings. The van der Waals surface area contributed by atoms with Crippen molar-refractivity contribution in [3.63, 3.8) is 0 Å². The zero-order chi connectivity index (χ0) is 15.6. The van der Waals surface area contributed by atoms with Crippen LogP contribution in [0.4, 0.5) is 0 Å². The van der Waals surface area contributed by atoms with Crippen LogP contribution in [-0.4, -0.2) is 34.3 Å². The van der Waals surface area contributed by atoms with Crippen molar-refractivity contribution < 1.29 is 19.5 Å². The number of imide groups is 1. The molecule has 0 radical (unpaired) electrons. The molecule has 116 valence electrons. The van der Waals surface area contributed by atoms with Crippen molar-refractivity contribution in [2.45, 2.75) is 46.0 Å². The molecule has 0 bridgehead atoms. The number of amides is 2. The molecule has 0 spiro atoms. The summed E-state index contributed by atoms with van der Waals surface area (Å²) in [6, 6.07) is 0. The van der Waals surface area contributed by atoms with Gasteiger partial charge in [0, 0.05) is 13.0 Å². The number of carboxylic acid groups (broad SMARTS) is 1. The van der Waals surface area contributed by atoms with Gasteiger partial charge in [-0.1, -0.05) is 26.0 Å². The fraction of sp³-hybridized carbons (Fsp3) is 0.688. The van der Waals surface area contributed by atoms with E-state index in [1.54, 1.807) is 0 Å². The lowest BCUT2D eigenvalue weighted by atomic mass is 9.84. The number of carbonyl (C=O) groups is 3. The van der Waals surface area contributed by atoms with E-state index in [2.05, 4.69) is 0 Å². The van der Waals surface area contributed by atoms with Crippen LogP contribution >= 0.6 is 0 Å². The molecular weight excluding hydrogens is 270 g/mol. The molecule has 1 heterocycles. The third kappa shape index (κ3) is 3.52. The second-order valence-electron chi connectivity index (χ2n) is 6.79. The monoisotopic (exact) mass is 293 g/mol. The topological polar surface area (TPSA) is 74.7 Å². The SMILES string of the molecule is CC(C)(CCC(=O)O)CCN1C(=O)[C@H]2CC=CC[C@H]2C1=O. The number of likely N-dealkylation sites (tertiary alicyclic amines) is 1. The van der Waals surface area contributed by atoms with Gasteiger partial charge in [-0.3, -0.25) is 19.3 Å². The molecule has 1 fully saturated rings. The van der Waals surface area contributed by atoms with Gasteiger partial charge in [0.25, 0.3) is 0 Å². The van der Waals surface area contributed by atoms with Crippen molar-refractivity contribution in [3.05, 3.63) is 12.2 Å². The quantitative estimate of drug-likeness (QED) is 0.602. The lowest BCUT2D eigenvalue weighted by molar-refractivity contribution is -0.141. The minimum absolute atomic E-state index is 0.0524. The van der Waals surface area contributed by atoms with Gasteiger partial charge in [0.2, 0.25) is 11.8 Å². The Balaban J connectivity index is 1.93. The Morgan fingerprint density at radius 1 is 1.19 bits per heavy atom. The summed E-state index contributed by atoms with van der Waals surface area (Å²) in [4.78, 5) is 36.7. The van der Waals surface area contributed by atoms with E-state index in [4.69, 9.17) is 5.11 Å². The van der Waals surface area contributed by atoms with Crippen LogP contribution in [-0.2, 0) is 14.4 Å². The van der Waals surface area contributed by atoms with Crippen LogP contribution in [0.1, 0.15) is 46.0 Å². The number of allylic oxidation sites excluding steroid dienone is 2. The molecule has 21 heavy (non-hydrogen) atoms. The Bertz CT molecular complexity index is 455. The Morgan fingerprint density at radius 2 is 1.71 bits per heavy atom. The average molecular weight is 293 g/mol. The van der Waals surface area contributed by atoms with E-state index in [1.807, 2.05) is 26.0 Å². The van der Waals surface area contributed by atoms with E-state index in [0.717, 1.165) is 0 Å². The van der Waals surface area contributed by atoms with Crippen LogP contribution < -0.4 is 0 Å². The fourth-order valence-corrected chi connectivity index (χ4v) is 3.07. The summed E-state index contributed by atoms with van der Waals surface area (Å²) in [6.07, 6.45) is 6.59. The van der Waals surface area contributed by atoms with E-state index in [0.29, 0.717) is 32.2 Å². The number of hydrogen-bond acceptors (Lipinski definition) is 3. The summed E-state index contributed by atoms with van der Waals surface area (Å²) in [5.41, 5.74) is -0.190. The summed E-state index contributed by atoms with van der Waals surface area (Å²) in [7, 11) is 0. The smallest absolute Gasteiger partial charge is 0.303 e. The first kappa shape index (κ1) is 15.7. The number of rotatable bonds is 6. The van der Waals surface area contributed by atoms with Crippen molar-refractivity contribution in [1.82, 2.24) is 4.90 Å². The Morgan fingerprint density at radius 3 is 2.19 bits per heavy atom. The molecule has 0 aromatic rings. The van der Waals surface area contributed by atoms with Gasteiger partial charge in [-0.15, -0.1) is 0 Å². The highest BCUT2D eigenvalue weighted by Gasteiger charge is 2.47. The first-order chi connectivity index (χ1) is 9.82. The number of carbonyl (C=O) groups excluding carboxylic acids is 2. The summed E-state index contributed by atoms with van der Waals surface area (Å²) < 4.78 is 0. The molecule has 1 saturated heterocycles. The Kier molecular flexibility index (Phi) is 4.49. The Labute approximate surface area is 125 Å². The highest BCUT2D eigenvalue weighted by molar-refractivity contribution is 6.05. The molecule has 0 aromatic heterocycles. The van der Waals surface area contributed by atoms with Crippen LogP contribution in [0.5, 0.6) is 0 Å². The number of carboxylic acids is 1. The van der Waals surface area contributed by atoms with Gasteiger partial charge >= 0.3 is 5.97 Å². The number of nitrogens with zero attached hydrogens (tertiary/aromatic N) is 1. The molecule has 0 aromatic carbocycles. The number of aliphatic carboxylic acids is 1. The third-order valence-corrected chi connectivity index (χ3v) is 4.63. The highest BCUT2D eigenvalue weighted by Crippen LogP contribution is 2.36. The molecule has 2 amide bonds. The largest absolute Gasteiger partial charge is 0.481 e. The lowest BCUT2D eigenvalue weighted by Crippen LogP contribution is -2.34. The van der Waals surface area contributed by atoms with E-state index in [-0.39, 0.29) is 35.5 Å². The van der Waals surface area contributed by atoms with Gasteiger partial charge in [0.1, 0.15) is 0 Å². The minimum Gasteiger partial charge on any atom is -0.481 e. The molecule has 0 saturated carbocycles. The summed E-state index contributed by atoms with van der Waals surface area (Å²) in [5.74, 6) is -1.27. The van der Waals surface area contributed by atoms with E-state index in [9.17, 15) is 14.4 Å². The minimum atomic E-state index is -0.812. The van der Waals surface area contributed by atoms with E-state index >= 15 is 0 Å². The summed E-state index contributed by atoms with van der Waals surface area (Å²) in [6.45, 7) is 4.36. The van der Waals surface area contributed by atoms with Crippen molar-refractivity contribution >= 4 is 17.8 Å². The summed E-state index contributed by atoms with van der Waals surface area (Å²) in [5, 5.41) is 8.76. The average Bonchev–Trinajstić information content (AvgIpc) is 2.68. The lowest BCUT2D eigenvalue weighted by Gasteiger charge is -2.26. The van der Waals surface area contributed by atoms with Crippen LogP contribution in [0.25, 0.3) is 0 Å². The highest BCUT2D eigenvalue weighted by atomic mass is 16.4. The maximum atomic E-state index is 12.3. The van der Waals surface area contributed by atoms with Gasteiger partial charge < -0.3 is 5.11 Å². The van der Waals surface area contributed by atoms with Gasteiger partial charge in [0.15, 0.2) is 0 Å². The van der Waals surface area contributed by atoms with Gasteiger partial charge in [-0.2, -0.15) is 0 Å². The normalized spacial score (nSPS) is 25.3. The summed E-state index contributed by atoms with van der Waals surface area (Å²) >= 11 is 0. The molecule has 0 unspecified atom stereocenters. The molecule has 5 nitrogen and oxygen atoms in total. The first-order valence-electron chi connectivity index (χ1n) is 7.54. The molecule has 5 heteroatoms. The van der Waals surface area contributed by atoms with Crippen LogP contribution in [0.15, 0.2) is 12.2 Å². The maximum Gasteiger partial charge on any atom is 0.303 e. The van der Waals surface area contributed by atoms with Gasteiger partial charge in [-0.05, 0) is 31.1 Å². The number of hydrogen-bond donors (Lipinski definition) is 1. The number of fused-ring (bicyclic) bond motifs is 1. The molecule has 1 aliphatic carbocycles. The van der Waals surface area contributed by atoms with Crippen LogP contribution in [0, 0.1) is 17.3 Å². The van der Waals surface area contributed by atoms with Gasteiger partial charge in [-0.25, -0.2) is 0 Å². The van der Waals surface area contributed by atoms with Crippen molar-refractivity contribution in [1.29, 1.82) is 0 Å². The fourth-order valence-electron chi connectivity index (χ4n) is 3.07. The third-order valence-electron chi connectivity index (χ3n) is 4.63. The van der Waals surface area contributed by atoms with Crippen LogP contribution in [0.3, 0.4) is 0 Å². The molecule has 2 rings (SSSR count). The molecular formula is C16H23NO4. The maximum absolute atomic E-state index is 12.3. The Hall–Kier alpha value is -1.65. The van der Waals surface area contributed by atoms with Crippen molar-refractivity contribution in [3.8, 4) is 0 Å². The molecule has 1 N–H and O–H groups in total. The van der Waals surface area contributed by atoms with Crippen LogP contribution in [0.2, 0.25) is 0 Å². The molecule has 1 aliphatic heterocycles. The standard InChI is InChI=1S/C16H23NO4/c1-16(2,8-7-13(18)19)9-10-17-14(20)11-5-3-4-6-12(11)15(17)21/h3-4,11-12H,5-10H2,1-2H3,(H,18,19)/t11-,12+. The second-order valence-corrected chi connectivity index (χ2v) is 6.79. The van der Waals surface area contributed by atoms with Crippen molar-refractivity contribution in [2.75, 3.05) is 6.54 Å². The van der Waals surface area contributed by atoms with Crippen molar-refractivity contribution in [2.24, 2.45) is 17.3 Å².